The molecule has 0 radical (unpaired) electrons. The number of rotatable bonds is 15. The molecule has 1 saturated heterocycles. The van der Waals surface area contributed by atoms with Crippen LogP contribution in [0.3, 0.4) is 0 Å². The van der Waals surface area contributed by atoms with Gasteiger partial charge in [-0.1, -0.05) is 60.7 Å². The van der Waals surface area contributed by atoms with Crippen molar-refractivity contribution in [1.29, 1.82) is 0 Å². The maximum Gasteiger partial charge on any atom is 0.222 e. The van der Waals surface area contributed by atoms with Crippen LogP contribution in [0.15, 0.2) is 66.7 Å². The molecule has 3 fully saturated rings. The molecule has 1 amide bonds. The summed E-state index contributed by atoms with van der Waals surface area (Å²) in [4.78, 5) is 32.1. The number of phenolic OH excluding ortho intramolecular Hbond substituents is 1. The molecule has 2 heterocycles. The van der Waals surface area contributed by atoms with Crippen molar-refractivity contribution in [3.05, 3.63) is 89.0 Å². The number of phenols is 1. The Morgan fingerprint density at radius 2 is 1.72 bits per heavy atom. The molecule has 50 heavy (non-hydrogen) atoms. The smallest absolute Gasteiger partial charge is 0.222 e. The van der Waals surface area contributed by atoms with E-state index < -0.39 is 0 Å². The number of methoxy groups -OCH3 is 1. The van der Waals surface area contributed by atoms with E-state index in [1.54, 1.807) is 13.2 Å². The van der Waals surface area contributed by atoms with Crippen LogP contribution in [0.2, 0.25) is 0 Å². The summed E-state index contributed by atoms with van der Waals surface area (Å²) in [5.74, 6) is 3.27. The van der Waals surface area contributed by atoms with Gasteiger partial charge < -0.3 is 19.5 Å². The van der Waals surface area contributed by atoms with Crippen molar-refractivity contribution < 1.29 is 24.2 Å². The SMILES string of the molecule is COc1cc(O)c2c3c1O[C@H]1[C@H](N(CCCCc4ccccc4)C(=O)CCCCC(=O)c4ccccc4)CC[C@H]4[C@@H](C2)N(CC2CC2)CC[C@@]341. The zero-order valence-corrected chi connectivity index (χ0v) is 29.5. The number of nitrogens with zero attached hydrogens (tertiary/aromatic N) is 2. The van der Waals surface area contributed by atoms with E-state index in [0.717, 1.165) is 80.8 Å². The molecular formula is C43H52N2O5. The molecule has 3 aliphatic carbocycles. The number of amides is 1. The van der Waals surface area contributed by atoms with E-state index in [9.17, 15) is 14.7 Å². The van der Waals surface area contributed by atoms with E-state index in [-0.39, 0.29) is 29.3 Å². The predicted molar refractivity (Wildman–Crippen MR) is 194 cm³/mol. The maximum absolute atomic E-state index is 14.4. The Morgan fingerprint density at radius 3 is 2.48 bits per heavy atom. The largest absolute Gasteiger partial charge is 0.508 e. The standard InChI is InChI=1S/C43H52N2O5/c1-49-38-27-37(47)32-26-35-33-21-22-34(42-43(33,40(32)41(38)50-42)23-25-44(35)28-30-19-20-30)45(24-11-10-14-29-12-4-2-5-13-29)39(48)18-9-8-17-36(46)31-15-6-3-7-16-31/h2-7,12-13,15-16,27,30,33-35,42,47H,8-11,14,17-26,28H2,1H3/t33-,34+,35+,42-,43-/m0/s1. The van der Waals surface area contributed by atoms with Crippen molar-refractivity contribution in [2.24, 2.45) is 11.8 Å². The average Bonchev–Trinajstić information content (AvgIpc) is 3.90. The minimum absolute atomic E-state index is 0.0535. The van der Waals surface area contributed by atoms with Gasteiger partial charge in [0, 0.05) is 60.1 Å². The lowest BCUT2D eigenvalue weighted by Gasteiger charge is -2.60. The number of aryl methyl sites for hydroxylation is 1. The van der Waals surface area contributed by atoms with Gasteiger partial charge in [-0.25, -0.2) is 0 Å². The minimum Gasteiger partial charge on any atom is -0.508 e. The highest BCUT2D eigenvalue weighted by molar-refractivity contribution is 5.96. The second-order valence-corrected chi connectivity index (χ2v) is 15.6. The number of unbranched alkanes of at least 4 members (excludes halogenated alkanes) is 2. The number of carbonyl (C=O) groups is 2. The lowest BCUT2D eigenvalue weighted by molar-refractivity contribution is -0.143. The Hall–Kier alpha value is -3.84. The van der Waals surface area contributed by atoms with Gasteiger partial charge >= 0.3 is 0 Å². The third kappa shape index (κ3) is 6.10. The summed E-state index contributed by atoms with van der Waals surface area (Å²) in [6.45, 7) is 2.88. The van der Waals surface area contributed by atoms with Crippen LogP contribution in [0.5, 0.6) is 17.2 Å². The molecule has 7 nitrogen and oxygen atoms in total. The fraction of sp³-hybridized carbons (Fsp3) is 0.535. The topological polar surface area (TPSA) is 79.3 Å². The summed E-state index contributed by atoms with van der Waals surface area (Å²) in [5.41, 5.74) is 4.03. The van der Waals surface area contributed by atoms with Crippen LogP contribution in [0.25, 0.3) is 0 Å². The molecule has 2 aliphatic heterocycles. The van der Waals surface area contributed by atoms with E-state index in [1.165, 1.54) is 24.0 Å². The van der Waals surface area contributed by atoms with Crippen molar-refractivity contribution >= 4 is 11.7 Å². The van der Waals surface area contributed by atoms with Gasteiger partial charge in [0.25, 0.3) is 0 Å². The number of Topliss-reactive ketones (excluding diaryl/α,β-unsaturated/α-hetero) is 1. The molecule has 2 saturated carbocycles. The van der Waals surface area contributed by atoms with Gasteiger partial charge in [-0.2, -0.15) is 0 Å². The number of likely N-dealkylation sites (tertiary alicyclic amines) is 1. The number of aromatic hydroxyl groups is 1. The van der Waals surface area contributed by atoms with Gasteiger partial charge in [-0.05, 0) is 94.6 Å². The third-order valence-corrected chi connectivity index (χ3v) is 12.7. The van der Waals surface area contributed by atoms with Crippen molar-refractivity contribution in [3.8, 4) is 17.2 Å². The first-order chi connectivity index (χ1) is 24.5. The van der Waals surface area contributed by atoms with Crippen molar-refractivity contribution in [1.82, 2.24) is 9.80 Å². The normalized spacial score (nSPS) is 26.2. The van der Waals surface area contributed by atoms with Crippen molar-refractivity contribution in [2.45, 2.75) is 107 Å². The minimum atomic E-state index is -0.243. The summed E-state index contributed by atoms with van der Waals surface area (Å²) in [6, 6.07) is 22.1. The number of carbonyl (C=O) groups excluding carboxylic acids is 2. The first-order valence-electron chi connectivity index (χ1n) is 19.2. The van der Waals surface area contributed by atoms with Crippen molar-refractivity contribution in [3.63, 3.8) is 0 Å². The Labute approximate surface area is 297 Å². The van der Waals surface area contributed by atoms with Crippen LogP contribution >= 0.6 is 0 Å². The first kappa shape index (κ1) is 33.3. The fourth-order valence-corrected chi connectivity index (χ4v) is 10.2. The molecule has 5 aliphatic rings. The highest BCUT2D eigenvalue weighted by Crippen LogP contribution is 2.66. The first-order valence-corrected chi connectivity index (χ1v) is 19.2. The number of hydrogen-bond donors (Lipinski definition) is 1. The van der Waals surface area contributed by atoms with Gasteiger partial charge in [0.05, 0.1) is 13.2 Å². The molecule has 1 spiro atoms. The van der Waals surface area contributed by atoms with E-state index >= 15 is 0 Å². The fourth-order valence-electron chi connectivity index (χ4n) is 10.2. The summed E-state index contributed by atoms with van der Waals surface area (Å²) in [5, 5.41) is 11.4. The quantitative estimate of drug-likeness (QED) is 0.133. The summed E-state index contributed by atoms with van der Waals surface area (Å²) in [6.07, 6.45) is 11.5. The van der Waals surface area contributed by atoms with E-state index in [2.05, 4.69) is 40.1 Å². The summed E-state index contributed by atoms with van der Waals surface area (Å²) < 4.78 is 13.0. The van der Waals surface area contributed by atoms with Gasteiger partial charge in [-0.15, -0.1) is 0 Å². The third-order valence-electron chi connectivity index (χ3n) is 12.7. The maximum atomic E-state index is 14.4. The highest BCUT2D eigenvalue weighted by Gasteiger charge is 2.67. The van der Waals surface area contributed by atoms with Crippen LogP contribution < -0.4 is 9.47 Å². The molecule has 5 atom stereocenters. The Balaban J connectivity index is 1.05. The van der Waals surface area contributed by atoms with Crippen LogP contribution in [-0.4, -0.2) is 71.5 Å². The Kier molecular flexibility index (Phi) is 9.36. The molecule has 0 aromatic heterocycles. The van der Waals surface area contributed by atoms with E-state index in [1.807, 2.05) is 30.3 Å². The summed E-state index contributed by atoms with van der Waals surface area (Å²) >= 11 is 0. The molecule has 7 heteroatoms. The lowest BCUT2D eigenvalue weighted by atomic mass is 9.50. The van der Waals surface area contributed by atoms with Gasteiger partial charge in [-0.3, -0.25) is 14.5 Å². The Morgan fingerprint density at radius 1 is 0.960 bits per heavy atom. The van der Waals surface area contributed by atoms with Crippen LogP contribution in [-0.2, 0) is 23.1 Å². The second kappa shape index (κ2) is 14.1. The van der Waals surface area contributed by atoms with Gasteiger partial charge in [0.2, 0.25) is 5.91 Å². The van der Waals surface area contributed by atoms with Gasteiger partial charge in [0.1, 0.15) is 11.9 Å². The average molecular weight is 677 g/mol. The van der Waals surface area contributed by atoms with E-state index in [0.29, 0.717) is 55.7 Å². The molecule has 2 bridgehead atoms. The second-order valence-electron chi connectivity index (χ2n) is 15.6. The van der Waals surface area contributed by atoms with Gasteiger partial charge in [0.15, 0.2) is 17.3 Å². The number of ketones is 1. The zero-order valence-electron chi connectivity index (χ0n) is 29.5. The Bertz CT molecular complexity index is 1690. The predicted octanol–water partition coefficient (Wildman–Crippen LogP) is 7.51. The molecule has 3 aromatic rings. The number of hydrogen-bond acceptors (Lipinski definition) is 6. The monoisotopic (exact) mass is 676 g/mol. The molecule has 1 N–H and O–H groups in total. The van der Waals surface area contributed by atoms with Crippen LogP contribution in [0, 0.1) is 11.8 Å². The van der Waals surface area contributed by atoms with Crippen LogP contribution in [0.1, 0.15) is 97.7 Å². The molecule has 0 unspecified atom stereocenters. The van der Waals surface area contributed by atoms with Crippen LogP contribution in [0.4, 0.5) is 0 Å². The van der Waals surface area contributed by atoms with Crippen molar-refractivity contribution in [2.75, 3.05) is 26.7 Å². The molecule has 264 valence electrons. The zero-order chi connectivity index (χ0) is 34.2. The number of benzene rings is 3. The molecule has 3 aromatic carbocycles. The summed E-state index contributed by atoms with van der Waals surface area (Å²) in [7, 11) is 1.66. The number of piperidine rings is 1. The molecular weight excluding hydrogens is 624 g/mol. The number of ether oxygens (including phenoxy) is 2. The highest BCUT2D eigenvalue weighted by atomic mass is 16.5. The lowest BCUT2D eigenvalue weighted by Crippen LogP contribution is -2.69. The molecule has 8 rings (SSSR count). The van der Waals surface area contributed by atoms with E-state index in [4.69, 9.17) is 9.47 Å².